The Labute approximate surface area is 158 Å². The highest BCUT2D eigenvalue weighted by Gasteiger charge is 2.58. The molecule has 3 aliphatic rings. The van der Waals surface area contributed by atoms with Crippen molar-refractivity contribution in [2.24, 2.45) is 5.73 Å². The molecule has 3 fully saturated rings. The van der Waals surface area contributed by atoms with E-state index >= 15 is 0 Å². The van der Waals surface area contributed by atoms with E-state index in [4.69, 9.17) is 10.5 Å². The van der Waals surface area contributed by atoms with Crippen molar-refractivity contribution >= 4 is 23.8 Å². The Balaban J connectivity index is 1.61. The van der Waals surface area contributed by atoms with Crippen molar-refractivity contribution in [3.63, 3.8) is 0 Å². The molecule has 2 heterocycles. The van der Waals surface area contributed by atoms with Crippen LogP contribution in [0.5, 0.6) is 0 Å². The fourth-order valence-electron chi connectivity index (χ4n) is 3.85. The molecular weight excluding hydrogens is 352 g/mol. The van der Waals surface area contributed by atoms with Gasteiger partial charge in [0.15, 0.2) is 0 Å². The normalized spacial score (nSPS) is 26.9. The lowest BCUT2D eigenvalue weighted by atomic mass is 10.1. The first kappa shape index (κ1) is 19.4. The van der Waals surface area contributed by atoms with Gasteiger partial charge in [0.05, 0.1) is 0 Å². The number of nitrogens with one attached hydrogen (secondary N) is 1. The number of primary amides is 1. The Bertz CT molecular complexity index is 667. The maximum absolute atomic E-state index is 12.7. The van der Waals surface area contributed by atoms with Gasteiger partial charge in [-0.15, -0.1) is 0 Å². The van der Waals surface area contributed by atoms with Crippen LogP contribution >= 0.6 is 0 Å². The Morgan fingerprint density at radius 2 is 1.85 bits per heavy atom. The van der Waals surface area contributed by atoms with Crippen molar-refractivity contribution in [2.75, 3.05) is 13.1 Å². The number of likely N-dealkylation sites (tertiary alicyclic amines) is 2. The molecule has 0 aromatic heterocycles. The Kier molecular flexibility index (Phi) is 4.81. The number of amides is 4. The number of nitrogens with zero attached hydrogens (tertiary/aromatic N) is 2. The lowest BCUT2D eigenvalue weighted by Crippen LogP contribution is -2.53. The van der Waals surface area contributed by atoms with E-state index in [2.05, 4.69) is 5.32 Å². The van der Waals surface area contributed by atoms with E-state index in [9.17, 15) is 19.2 Å². The molecule has 150 valence electrons. The summed E-state index contributed by atoms with van der Waals surface area (Å²) in [5.74, 6) is -1.13. The van der Waals surface area contributed by atoms with Crippen molar-refractivity contribution in [1.29, 1.82) is 0 Å². The van der Waals surface area contributed by atoms with E-state index in [0.717, 1.165) is 0 Å². The summed E-state index contributed by atoms with van der Waals surface area (Å²) in [7, 11) is 0. The van der Waals surface area contributed by atoms with Crippen molar-refractivity contribution in [2.45, 2.75) is 76.1 Å². The van der Waals surface area contributed by atoms with Gasteiger partial charge in [-0.25, -0.2) is 4.79 Å². The van der Waals surface area contributed by atoms with Crippen LogP contribution in [0.25, 0.3) is 0 Å². The first-order chi connectivity index (χ1) is 12.5. The van der Waals surface area contributed by atoms with Gasteiger partial charge in [-0.3, -0.25) is 19.3 Å². The average molecular weight is 380 g/mol. The summed E-state index contributed by atoms with van der Waals surface area (Å²) in [6, 6.07) is -1.33. The number of rotatable bonds is 4. The van der Waals surface area contributed by atoms with Crippen LogP contribution in [0.3, 0.4) is 0 Å². The predicted molar refractivity (Wildman–Crippen MR) is 95.4 cm³/mol. The zero-order valence-corrected chi connectivity index (χ0v) is 16.1. The molecule has 0 aromatic carbocycles. The second kappa shape index (κ2) is 6.69. The van der Waals surface area contributed by atoms with Crippen molar-refractivity contribution in [3.8, 4) is 0 Å². The molecule has 9 heteroatoms. The van der Waals surface area contributed by atoms with Crippen LogP contribution in [0.1, 0.15) is 52.9 Å². The molecule has 0 aromatic rings. The second-order valence-corrected chi connectivity index (χ2v) is 8.57. The third-order valence-electron chi connectivity index (χ3n) is 5.40. The molecule has 9 nitrogen and oxygen atoms in total. The minimum atomic E-state index is -0.869. The van der Waals surface area contributed by atoms with E-state index in [1.165, 1.54) is 9.80 Å². The minimum Gasteiger partial charge on any atom is -0.444 e. The fraction of sp³-hybridized carbons (Fsp3) is 0.778. The van der Waals surface area contributed by atoms with Gasteiger partial charge >= 0.3 is 6.09 Å². The van der Waals surface area contributed by atoms with E-state index < -0.39 is 35.2 Å². The maximum atomic E-state index is 12.7. The first-order valence-corrected chi connectivity index (χ1v) is 9.46. The lowest BCUT2D eigenvalue weighted by Gasteiger charge is -2.29. The first-order valence-electron chi connectivity index (χ1n) is 9.46. The summed E-state index contributed by atoms with van der Waals surface area (Å²) >= 11 is 0. The van der Waals surface area contributed by atoms with Crippen LogP contribution in [0, 0.1) is 0 Å². The molecule has 3 N–H and O–H groups in total. The SMILES string of the molecule is CC(C)(C)OC(=O)N1CCC[C@H]1C(=O)N[C@@H]1CCN(C2(C(N)=O)CC2)C1=O. The molecule has 1 aliphatic carbocycles. The van der Waals surface area contributed by atoms with Gasteiger partial charge < -0.3 is 20.7 Å². The summed E-state index contributed by atoms with van der Waals surface area (Å²) in [6.45, 7) is 6.16. The number of nitrogens with two attached hydrogens (primary N) is 1. The van der Waals surface area contributed by atoms with E-state index in [1.54, 1.807) is 20.8 Å². The third kappa shape index (κ3) is 3.72. The van der Waals surface area contributed by atoms with Crippen LogP contribution in [0.15, 0.2) is 0 Å². The molecule has 4 amide bonds. The van der Waals surface area contributed by atoms with Crippen molar-refractivity contribution in [3.05, 3.63) is 0 Å². The standard InChI is InChI=1S/C18H28N4O5/c1-17(2,3)27-16(26)21-9-4-5-12(21)13(23)20-11-6-10-22(14(11)24)18(7-8-18)15(19)25/h11-12H,4-10H2,1-3H3,(H2,19,25)(H,20,23)/t11-,12+/m1/s1. The molecule has 1 saturated carbocycles. The quantitative estimate of drug-likeness (QED) is 0.717. The van der Waals surface area contributed by atoms with E-state index in [-0.39, 0.29) is 11.8 Å². The largest absolute Gasteiger partial charge is 0.444 e. The zero-order valence-electron chi connectivity index (χ0n) is 16.1. The molecule has 27 heavy (non-hydrogen) atoms. The van der Waals surface area contributed by atoms with Crippen LogP contribution in [0.2, 0.25) is 0 Å². The van der Waals surface area contributed by atoms with Crippen LogP contribution in [-0.2, 0) is 19.1 Å². The van der Waals surface area contributed by atoms with Gasteiger partial charge in [-0.2, -0.15) is 0 Å². The summed E-state index contributed by atoms with van der Waals surface area (Å²) in [5, 5.41) is 2.76. The topological polar surface area (TPSA) is 122 Å². The average Bonchev–Trinajstić information content (AvgIpc) is 3.06. The molecule has 0 unspecified atom stereocenters. The number of hydrogen-bond donors (Lipinski definition) is 2. The van der Waals surface area contributed by atoms with Crippen LogP contribution in [-0.4, -0.2) is 69.9 Å². The van der Waals surface area contributed by atoms with Crippen molar-refractivity contribution in [1.82, 2.24) is 15.1 Å². The molecular formula is C18H28N4O5. The lowest BCUT2D eigenvalue weighted by molar-refractivity contribution is -0.140. The molecule has 2 atom stereocenters. The fourth-order valence-corrected chi connectivity index (χ4v) is 3.85. The maximum Gasteiger partial charge on any atom is 0.410 e. The highest BCUT2D eigenvalue weighted by molar-refractivity contribution is 5.97. The number of carbonyl (C=O) groups excluding carboxylic acids is 4. The second-order valence-electron chi connectivity index (χ2n) is 8.57. The summed E-state index contributed by atoms with van der Waals surface area (Å²) < 4.78 is 5.37. The molecule has 0 spiro atoms. The minimum absolute atomic E-state index is 0.276. The van der Waals surface area contributed by atoms with Gasteiger partial charge in [-0.05, 0) is 52.9 Å². The summed E-state index contributed by atoms with van der Waals surface area (Å²) in [6.07, 6.45) is 2.28. The number of carbonyl (C=O) groups is 4. The molecule has 3 rings (SSSR count). The Hall–Kier alpha value is -2.32. The van der Waals surface area contributed by atoms with Gasteiger partial charge in [0.2, 0.25) is 17.7 Å². The van der Waals surface area contributed by atoms with Crippen LogP contribution < -0.4 is 11.1 Å². The summed E-state index contributed by atoms with van der Waals surface area (Å²) in [4.78, 5) is 52.3. The highest BCUT2D eigenvalue weighted by Crippen LogP contribution is 2.43. The number of ether oxygens (including phenoxy) is 1. The van der Waals surface area contributed by atoms with Gasteiger partial charge in [-0.1, -0.05) is 0 Å². The zero-order chi connectivity index (χ0) is 20.0. The van der Waals surface area contributed by atoms with Crippen molar-refractivity contribution < 1.29 is 23.9 Å². The number of hydrogen-bond acceptors (Lipinski definition) is 5. The predicted octanol–water partition coefficient (Wildman–Crippen LogP) is 0.121. The molecule has 0 radical (unpaired) electrons. The monoisotopic (exact) mass is 380 g/mol. The smallest absolute Gasteiger partial charge is 0.410 e. The molecule has 2 aliphatic heterocycles. The van der Waals surface area contributed by atoms with Gasteiger partial charge in [0.1, 0.15) is 23.2 Å². The molecule has 0 bridgehead atoms. The van der Waals surface area contributed by atoms with Gasteiger partial charge in [0, 0.05) is 13.1 Å². The van der Waals surface area contributed by atoms with Gasteiger partial charge in [0.25, 0.3) is 0 Å². The molecule has 2 saturated heterocycles. The Morgan fingerprint density at radius 3 is 2.41 bits per heavy atom. The van der Waals surface area contributed by atoms with Crippen LogP contribution in [0.4, 0.5) is 4.79 Å². The summed E-state index contributed by atoms with van der Waals surface area (Å²) in [5.41, 5.74) is 3.93. The highest BCUT2D eigenvalue weighted by atomic mass is 16.6. The van der Waals surface area contributed by atoms with E-state index in [1.807, 2.05) is 0 Å². The van der Waals surface area contributed by atoms with E-state index in [0.29, 0.717) is 45.2 Å². The Morgan fingerprint density at radius 1 is 1.19 bits per heavy atom. The third-order valence-corrected chi connectivity index (χ3v) is 5.40.